The summed E-state index contributed by atoms with van der Waals surface area (Å²) in [6, 6.07) is 3.74. The molecule has 20 heavy (non-hydrogen) atoms. The lowest BCUT2D eigenvalue weighted by Gasteiger charge is -2.24. The number of aryl methyl sites for hydroxylation is 1. The van der Waals surface area contributed by atoms with Crippen LogP contribution in [0.25, 0.3) is 0 Å². The summed E-state index contributed by atoms with van der Waals surface area (Å²) in [4.78, 5) is 17.8. The molecule has 5 heteroatoms. The average molecular weight is 278 g/mol. The molecule has 1 amide bonds. The van der Waals surface area contributed by atoms with Crippen molar-refractivity contribution in [1.82, 2.24) is 9.88 Å². The molecule has 1 aromatic heterocycles. The fourth-order valence-electron chi connectivity index (χ4n) is 2.10. The number of hydrogen-bond acceptors (Lipinski definition) is 4. The van der Waals surface area contributed by atoms with Crippen LogP contribution in [0.1, 0.15) is 32.9 Å². The molecule has 110 valence electrons. The minimum absolute atomic E-state index is 0.0179. The van der Waals surface area contributed by atoms with Crippen LogP contribution in [-0.2, 0) is 4.74 Å². The predicted molar refractivity (Wildman–Crippen MR) is 75.8 cm³/mol. The van der Waals surface area contributed by atoms with Gasteiger partial charge in [-0.2, -0.15) is 0 Å². The number of aromatic nitrogens is 1. The summed E-state index contributed by atoms with van der Waals surface area (Å²) >= 11 is 0. The third-order valence-electron chi connectivity index (χ3n) is 2.97. The number of amides is 1. The first-order valence-corrected chi connectivity index (χ1v) is 6.91. The largest absolute Gasteiger partial charge is 0.488 e. The molecule has 0 bridgehead atoms. The molecular weight excluding hydrogens is 256 g/mol. The van der Waals surface area contributed by atoms with Gasteiger partial charge in [0.1, 0.15) is 17.5 Å². The van der Waals surface area contributed by atoms with Gasteiger partial charge >= 0.3 is 6.09 Å². The van der Waals surface area contributed by atoms with Crippen LogP contribution in [0, 0.1) is 6.92 Å². The first kappa shape index (κ1) is 14.6. The number of carbonyl (C=O) groups is 1. The molecule has 5 nitrogen and oxygen atoms in total. The molecular formula is C15H22N2O3. The van der Waals surface area contributed by atoms with Crippen LogP contribution < -0.4 is 4.74 Å². The Morgan fingerprint density at radius 1 is 1.45 bits per heavy atom. The molecule has 1 aromatic rings. The van der Waals surface area contributed by atoms with Crippen molar-refractivity contribution in [2.75, 3.05) is 13.1 Å². The van der Waals surface area contributed by atoms with Gasteiger partial charge in [-0.15, -0.1) is 0 Å². The Labute approximate surface area is 119 Å². The second-order valence-corrected chi connectivity index (χ2v) is 6.09. The molecule has 2 heterocycles. The molecule has 1 aliphatic heterocycles. The quantitative estimate of drug-likeness (QED) is 0.834. The number of ether oxygens (including phenoxy) is 2. The maximum absolute atomic E-state index is 12.0. The normalized spacial score (nSPS) is 19.0. The third kappa shape index (κ3) is 4.11. The zero-order chi connectivity index (χ0) is 14.8. The average Bonchev–Trinajstić information content (AvgIpc) is 2.75. The van der Waals surface area contributed by atoms with Crippen molar-refractivity contribution in [2.24, 2.45) is 0 Å². The van der Waals surface area contributed by atoms with Crippen LogP contribution in [0.3, 0.4) is 0 Å². The molecule has 1 saturated heterocycles. The summed E-state index contributed by atoms with van der Waals surface area (Å²) in [5, 5.41) is 0. The van der Waals surface area contributed by atoms with E-state index in [4.69, 9.17) is 9.47 Å². The molecule has 0 N–H and O–H groups in total. The maximum Gasteiger partial charge on any atom is 0.410 e. The van der Waals surface area contributed by atoms with E-state index in [0.29, 0.717) is 13.1 Å². The van der Waals surface area contributed by atoms with E-state index in [1.54, 1.807) is 11.1 Å². The Balaban J connectivity index is 1.88. The number of nitrogens with zero attached hydrogens (tertiary/aromatic N) is 2. The van der Waals surface area contributed by atoms with Gasteiger partial charge < -0.3 is 14.4 Å². The van der Waals surface area contributed by atoms with Gasteiger partial charge in [0.25, 0.3) is 0 Å². The van der Waals surface area contributed by atoms with Gasteiger partial charge in [0.05, 0.1) is 6.54 Å². The van der Waals surface area contributed by atoms with Gasteiger partial charge in [-0.05, 0) is 33.8 Å². The van der Waals surface area contributed by atoms with Crippen LogP contribution >= 0.6 is 0 Å². The fraction of sp³-hybridized carbons (Fsp3) is 0.600. The van der Waals surface area contributed by atoms with Crippen molar-refractivity contribution >= 4 is 6.09 Å². The number of rotatable bonds is 2. The molecule has 0 spiro atoms. The highest BCUT2D eigenvalue weighted by molar-refractivity contribution is 5.68. The zero-order valence-corrected chi connectivity index (χ0v) is 12.5. The molecule has 1 atom stereocenters. The van der Waals surface area contributed by atoms with Crippen LogP contribution in [0.15, 0.2) is 18.3 Å². The van der Waals surface area contributed by atoms with Crippen LogP contribution in [-0.4, -0.2) is 40.8 Å². The Hall–Kier alpha value is -1.78. The molecule has 0 saturated carbocycles. The number of carbonyl (C=O) groups excluding carboxylic acids is 1. The highest BCUT2D eigenvalue weighted by atomic mass is 16.6. The van der Waals surface area contributed by atoms with Crippen molar-refractivity contribution in [1.29, 1.82) is 0 Å². The smallest absolute Gasteiger partial charge is 0.410 e. The van der Waals surface area contributed by atoms with E-state index in [0.717, 1.165) is 17.9 Å². The molecule has 0 radical (unpaired) electrons. The second kappa shape index (κ2) is 5.69. The van der Waals surface area contributed by atoms with Crippen molar-refractivity contribution in [3.8, 4) is 5.75 Å². The van der Waals surface area contributed by atoms with E-state index in [9.17, 15) is 4.79 Å². The van der Waals surface area contributed by atoms with E-state index < -0.39 is 5.60 Å². The summed E-state index contributed by atoms with van der Waals surface area (Å²) in [7, 11) is 0. The summed E-state index contributed by atoms with van der Waals surface area (Å²) in [6.07, 6.45) is 2.30. The Morgan fingerprint density at radius 2 is 2.20 bits per heavy atom. The molecule has 1 fully saturated rings. The highest BCUT2D eigenvalue weighted by Gasteiger charge is 2.30. The molecule has 0 unspecified atom stereocenters. The first-order valence-electron chi connectivity index (χ1n) is 6.91. The van der Waals surface area contributed by atoms with Gasteiger partial charge in [0, 0.05) is 30.9 Å². The van der Waals surface area contributed by atoms with Gasteiger partial charge in [-0.1, -0.05) is 0 Å². The Kier molecular flexibility index (Phi) is 4.16. The van der Waals surface area contributed by atoms with Gasteiger partial charge in [-0.3, -0.25) is 4.98 Å². The van der Waals surface area contributed by atoms with E-state index in [1.807, 2.05) is 39.8 Å². The van der Waals surface area contributed by atoms with Gasteiger partial charge in [0.15, 0.2) is 0 Å². The number of pyridine rings is 1. The van der Waals surface area contributed by atoms with Crippen LogP contribution in [0.2, 0.25) is 0 Å². The van der Waals surface area contributed by atoms with Crippen molar-refractivity contribution < 1.29 is 14.3 Å². The molecule has 2 rings (SSSR count). The SMILES string of the molecule is Cc1cc(O[C@@H]2CCN(C(=O)OC(C)(C)C)C2)ccn1. The van der Waals surface area contributed by atoms with Gasteiger partial charge in [0.2, 0.25) is 0 Å². The monoisotopic (exact) mass is 278 g/mol. The van der Waals surface area contributed by atoms with Crippen molar-refractivity contribution in [2.45, 2.75) is 45.8 Å². The van der Waals surface area contributed by atoms with E-state index in [1.165, 1.54) is 0 Å². The summed E-state index contributed by atoms with van der Waals surface area (Å²) in [6.45, 7) is 8.77. The van der Waals surface area contributed by atoms with E-state index in [-0.39, 0.29) is 12.2 Å². The molecule has 0 aliphatic carbocycles. The second-order valence-electron chi connectivity index (χ2n) is 6.09. The van der Waals surface area contributed by atoms with E-state index >= 15 is 0 Å². The minimum Gasteiger partial charge on any atom is -0.488 e. The van der Waals surface area contributed by atoms with Crippen LogP contribution in [0.4, 0.5) is 4.79 Å². The molecule has 1 aliphatic rings. The Bertz CT molecular complexity index is 482. The van der Waals surface area contributed by atoms with Crippen LogP contribution in [0.5, 0.6) is 5.75 Å². The minimum atomic E-state index is -0.460. The standard InChI is InChI=1S/C15H22N2O3/c1-11-9-12(5-7-16-11)19-13-6-8-17(10-13)14(18)20-15(2,3)4/h5,7,9,13H,6,8,10H2,1-4H3/t13-/m1/s1. The summed E-state index contributed by atoms with van der Waals surface area (Å²) in [5.41, 5.74) is 0.461. The lowest BCUT2D eigenvalue weighted by molar-refractivity contribution is 0.0275. The number of hydrogen-bond donors (Lipinski definition) is 0. The van der Waals surface area contributed by atoms with E-state index in [2.05, 4.69) is 4.98 Å². The maximum atomic E-state index is 12.0. The predicted octanol–water partition coefficient (Wildman–Crippen LogP) is 2.78. The topological polar surface area (TPSA) is 51.7 Å². The van der Waals surface area contributed by atoms with Crippen molar-refractivity contribution in [3.05, 3.63) is 24.0 Å². The lowest BCUT2D eigenvalue weighted by Crippen LogP contribution is -2.36. The molecule has 0 aromatic carbocycles. The number of likely N-dealkylation sites (tertiary alicyclic amines) is 1. The lowest BCUT2D eigenvalue weighted by atomic mass is 10.2. The summed E-state index contributed by atoms with van der Waals surface area (Å²) in [5.74, 6) is 0.800. The zero-order valence-electron chi connectivity index (χ0n) is 12.5. The third-order valence-corrected chi connectivity index (χ3v) is 2.97. The van der Waals surface area contributed by atoms with Crippen molar-refractivity contribution in [3.63, 3.8) is 0 Å². The Morgan fingerprint density at radius 3 is 2.85 bits per heavy atom. The van der Waals surface area contributed by atoms with Gasteiger partial charge in [-0.25, -0.2) is 4.79 Å². The fourth-order valence-corrected chi connectivity index (χ4v) is 2.10. The summed E-state index contributed by atoms with van der Waals surface area (Å²) < 4.78 is 11.2. The highest BCUT2D eigenvalue weighted by Crippen LogP contribution is 2.20. The first-order chi connectivity index (χ1) is 9.33.